The summed E-state index contributed by atoms with van der Waals surface area (Å²) in [6, 6.07) is 0. The zero-order valence-electron chi connectivity index (χ0n) is 9.37. The largest absolute Gasteiger partial charge is 0.381 e. The lowest BCUT2D eigenvalue weighted by Crippen LogP contribution is -2.10. The Bertz CT molecular complexity index is 261. The lowest BCUT2D eigenvalue weighted by atomic mass is 10.0. The normalized spacial score (nSPS) is 12.2. The minimum Gasteiger partial charge on any atom is -0.381 e. The molecule has 0 saturated carbocycles. The van der Waals surface area contributed by atoms with Crippen molar-refractivity contribution in [2.24, 2.45) is 0 Å². The Labute approximate surface area is 104 Å². The van der Waals surface area contributed by atoms with Crippen LogP contribution in [0.15, 0.2) is 0 Å². The number of alkyl halides is 1. The molecule has 16 heavy (non-hydrogen) atoms. The molecule has 1 unspecified atom stereocenters. The molecule has 92 valence electrons. The molecule has 0 aliphatic carbocycles. The Morgan fingerprint density at radius 2 is 1.44 bits per heavy atom. The lowest BCUT2D eigenvalue weighted by Gasteiger charge is -2.02. The minimum atomic E-state index is -0.836. The molecule has 1 atom stereocenters. The first-order valence-electron chi connectivity index (χ1n) is 5.33. The van der Waals surface area contributed by atoms with Gasteiger partial charge in [0.15, 0.2) is 0 Å². The smallest absolute Gasteiger partial charge is 0.136 e. The van der Waals surface area contributed by atoms with Crippen molar-refractivity contribution >= 4 is 33.3 Å². The van der Waals surface area contributed by atoms with Crippen molar-refractivity contribution in [3.8, 4) is 0 Å². The average molecular weight is 293 g/mol. The maximum Gasteiger partial charge on any atom is 0.136 e. The molecule has 0 radical (unpaired) electrons. The van der Waals surface area contributed by atoms with Crippen LogP contribution in [0.5, 0.6) is 0 Å². The monoisotopic (exact) mass is 292 g/mol. The fourth-order valence-corrected chi connectivity index (χ4v) is 1.51. The summed E-state index contributed by atoms with van der Waals surface area (Å²) in [4.78, 5) is 33.4. The molecule has 1 N–H and O–H groups in total. The van der Waals surface area contributed by atoms with E-state index in [0.717, 1.165) is 0 Å². The molecule has 0 aromatic heterocycles. The summed E-state index contributed by atoms with van der Waals surface area (Å²) in [6.45, 7) is 1.76. The van der Waals surface area contributed by atoms with Crippen LogP contribution < -0.4 is 0 Å². The summed E-state index contributed by atoms with van der Waals surface area (Å²) in [5, 5.41) is 8.03. The van der Waals surface area contributed by atoms with Gasteiger partial charge in [-0.3, -0.25) is 14.4 Å². The number of aliphatic hydroxyl groups excluding tert-OH is 1. The van der Waals surface area contributed by atoms with E-state index in [0.29, 0.717) is 6.42 Å². The molecule has 0 bridgehead atoms. The van der Waals surface area contributed by atoms with E-state index in [2.05, 4.69) is 15.9 Å². The van der Waals surface area contributed by atoms with Crippen molar-refractivity contribution in [2.45, 2.75) is 50.5 Å². The summed E-state index contributed by atoms with van der Waals surface area (Å²) < 4.78 is 0. The van der Waals surface area contributed by atoms with E-state index in [9.17, 15) is 14.4 Å². The van der Waals surface area contributed by atoms with Crippen LogP contribution in [-0.2, 0) is 14.4 Å². The number of halogens is 1. The standard InChI is InChI=1S/C11H17BrO4/c1-2-8(13)3-4-9(14)5-6-10(15)7-11(12)16/h11,16H,2-7H2,1H3. The Kier molecular flexibility index (Phi) is 8.29. The maximum absolute atomic E-state index is 11.3. The fourth-order valence-electron chi connectivity index (χ4n) is 1.15. The number of hydrogen-bond donors (Lipinski definition) is 1. The molecule has 0 saturated heterocycles. The molecule has 0 aromatic rings. The van der Waals surface area contributed by atoms with Crippen LogP contribution in [-0.4, -0.2) is 27.5 Å². The highest BCUT2D eigenvalue weighted by Gasteiger charge is 2.11. The number of carbonyl (C=O) groups is 3. The third-order valence-corrected chi connectivity index (χ3v) is 2.48. The van der Waals surface area contributed by atoms with Crippen molar-refractivity contribution in [3.63, 3.8) is 0 Å². The number of hydrogen-bond acceptors (Lipinski definition) is 4. The molecule has 4 nitrogen and oxygen atoms in total. The van der Waals surface area contributed by atoms with Gasteiger partial charge in [0.2, 0.25) is 0 Å². The first kappa shape index (κ1) is 15.4. The highest BCUT2D eigenvalue weighted by atomic mass is 79.9. The third kappa shape index (κ3) is 8.73. The van der Waals surface area contributed by atoms with Gasteiger partial charge in [-0.25, -0.2) is 0 Å². The van der Waals surface area contributed by atoms with Crippen molar-refractivity contribution in [1.82, 2.24) is 0 Å². The van der Waals surface area contributed by atoms with Crippen LogP contribution in [0, 0.1) is 0 Å². The number of carbonyl (C=O) groups excluding carboxylic acids is 3. The Morgan fingerprint density at radius 1 is 1.00 bits per heavy atom. The van der Waals surface area contributed by atoms with E-state index < -0.39 is 5.01 Å². The fraction of sp³-hybridized carbons (Fsp3) is 0.727. The van der Waals surface area contributed by atoms with Crippen LogP contribution in [0.25, 0.3) is 0 Å². The molecule has 0 rings (SSSR count). The van der Waals surface area contributed by atoms with Gasteiger partial charge in [0.05, 0.1) is 0 Å². The van der Waals surface area contributed by atoms with Crippen LogP contribution >= 0.6 is 15.9 Å². The van der Waals surface area contributed by atoms with E-state index in [-0.39, 0.29) is 49.5 Å². The Morgan fingerprint density at radius 3 is 1.88 bits per heavy atom. The van der Waals surface area contributed by atoms with Crippen LogP contribution in [0.3, 0.4) is 0 Å². The summed E-state index contributed by atoms with van der Waals surface area (Å²) in [7, 11) is 0. The second kappa shape index (κ2) is 8.58. The number of ketones is 3. The number of aliphatic hydroxyl groups is 1. The van der Waals surface area contributed by atoms with Crippen molar-refractivity contribution in [3.05, 3.63) is 0 Å². The van der Waals surface area contributed by atoms with Gasteiger partial charge in [0.25, 0.3) is 0 Å². The van der Waals surface area contributed by atoms with Crippen molar-refractivity contribution in [1.29, 1.82) is 0 Å². The molecule has 0 heterocycles. The molecule has 0 aliphatic heterocycles. The van der Waals surface area contributed by atoms with Gasteiger partial charge in [-0.1, -0.05) is 22.9 Å². The zero-order valence-corrected chi connectivity index (χ0v) is 11.0. The average Bonchev–Trinajstić information content (AvgIpc) is 2.22. The summed E-state index contributed by atoms with van der Waals surface area (Å²) >= 11 is 2.85. The zero-order chi connectivity index (χ0) is 12.6. The second-order valence-electron chi connectivity index (χ2n) is 3.61. The first-order valence-corrected chi connectivity index (χ1v) is 6.24. The van der Waals surface area contributed by atoms with Crippen LogP contribution in [0.2, 0.25) is 0 Å². The number of Topliss-reactive ketones (excluding diaryl/α,β-unsaturated/α-hetero) is 3. The Balaban J connectivity index is 3.65. The van der Waals surface area contributed by atoms with Crippen molar-refractivity contribution in [2.75, 3.05) is 0 Å². The van der Waals surface area contributed by atoms with E-state index in [4.69, 9.17) is 5.11 Å². The van der Waals surface area contributed by atoms with Gasteiger partial charge < -0.3 is 5.11 Å². The summed E-state index contributed by atoms with van der Waals surface area (Å²) in [6.07, 6.45) is 1.25. The molecule has 0 aromatic carbocycles. The van der Waals surface area contributed by atoms with Crippen LogP contribution in [0.4, 0.5) is 0 Å². The quantitative estimate of drug-likeness (QED) is 0.658. The van der Waals surface area contributed by atoms with Crippen molar-refractivity contribution < 1.29 is 19.5 Å². The highest BCUT2D eigenvalue weighted by Crippen LogP contribution is 2.07. The maximum atomic E-state index is 11.3. The predicted octanol–water partition coefficient (Wildman–Crippen LogP) is 1.77. The van der Waals surface area contributed by atoms with Gasteiger partial charge >= 0.3 is 0 Å². The van der Waals surface area contributed by atoms with Gasteiger partial charge in [0.1, 0.15) is 22.4 Å². The molecule has 0 amide bonds. The van der Waals surface area contributed by atoms with Gasteiger partial charge in [-0.15, -0.1) is 0 Å². The van der Waals surface area contributed by atoms with E-state index in [1.54, 1.807) is 6.92 Å². The molecule has 5 heteroatoms. The summed E-state index contributed by atoms with van der Waals surface area (Å²) in [5.74, 6) is -0.158. The summed E-state index contributed by atoms with van der Waals surface area (Å²) in [5.41, 5.74) is 0. The first-order chi connectivity index (χ1) is 7.45. The highest BCUT2D eigenvalue weighted by molar-refractivity contribution is 9.09. The Hall–Kier alpha value is -0.550. The molecule has 0 fully saturated rings. The topological polar surface area (TPSA) is 71.4 Å². The van der Waals surface area contributed by atoms with E-state index >= 15 is 0 Å². The number of rotatable bonds is 9. The molecule has 0 spiro atoms. The van der Waals surface area contributed by atoms with E-state index in [1.807, 2.05) is 0 Å². The lowest BCUT2D eigenvalue weighted by molar-refractivity contribution is -0.126. The van der Waals surface area contributed by atoms with Gasteiger partial charge in [-0.2, -0.15) is 0 Å². The predicted molar refractivity (Wildman–Crippen MR) is 63.3 cm³/mol. The minimum absolute atomic E-state index is 0.0151. The van der Waals surface area contributed by atoms with E-state index in [1.165, 1.54) is 0 Å². The SMILES string of the molecule is CCC(=O)CCC(=O)CCC(=O)CC(O)Br. The molecule has 0 aliphatic rings. The van der Waals surface area contributed by atoms with Gasteiger partial charge in [0, 0.05) is 38.5 Å². The molecular formula is C11H17BrO4. The molecular weight excluding hydrogens is 276 g/mol. The van der Waals surface area contributed by atoms with Gasteiger partial charge in [-0.05, 0) is 0 Å². The second-order valence-corrected chi connectivity index (χ2v) is 4.67. The van der Waals surface area contributed by atoms with Crippen LogP contribution in [0.1, 0.15) is 45.4 Å². The third-order valence-electron chi connectivity index (χ3n) is 2.16.